The minimum absolute atomic E-state index is 0.252. The number of carbonyl (C=O) groups excluding carboxylic acids is 1. The number of nitrogens with zero attached hydrogens (tertiary/aromatic N) is 4. The molecule has 0 fully saturated rings. The highest BCUT2D eigenvalue weighted by Crippen LogP contribution is 2.23. The zero-order valence-corrected chi connectivity index (χ0v) is 18.3. The summed E-state index contributed by atoms with van der Waals surface area (Å²) in [4.78, 5) is 14.9. The lowest BCUT2D eigenvalue weighted by Crippen LogP contribution is -2.35. The molecule has 1 N–H and O–H groups in total. The summed E-state index contributed by atoms with van der Waals surface area (Å²) in [6.45, 7) is 3.73. The molecule has 0 aliphatic carbocycles. The number of carbonyl (C=O) groups is 1. The Kier molecular flexibility index (Phi) is 6.72. The third kappa shape index (κ3) is 5.17. The van der Waals surface area contributed by atoms with Crippen molar-refractivity contribution in [2.45, 2.75) is 45.7 Å². The Morgan fingerprint density at radius 1 is 1.10 bits per heavy atom. The summed E-state index contributed by atoms with van der Waals surface area (Å²) in [5.41, 5.74) is 1.42. The van der Waals surface area contributed by atoms with Crippen LogP contribution in [0.15, 0.2) is 48.5 Å². The fourth-order valence-corrected chi connectivity index (χ4v) is 3.82. The number of anilines is 2. The monoisotopic (exact) mass is 439 g/mol. The summed E-state index contributed by atoms with van der Waals surface area (Å²) >= 11 is 6.06. The van der Waals surface area contributed by atoms with Gasteiger partial charge in [-0.1, -0.05) is 18.0 Å². The van der Waals surface area contributed by atoms with Gasteiger partial charge in [0.15, 0.2) is 5.82 Å². The SMILES string of the molecule is CCOc1ccc(NC(=O)N(Cc2nnc3n2CCCCC3)c2ccc(Cl)cc2)cc1. The Morgan fingerprint density at radius 2 is 1.87 bits per heavy atom. The zero-order valence-electron chi connectivity index (χ0n) is 17.6. The van der Waals surface area contributed by atoms with Gasteiger partial charge in [-0.05, 0) is 68.3 Å². The van der Waals surface area contributed by atoms with Gasteiger partial charge in [0.1, 0.15) is 11.6 Å². The van der Waals surface area contributed by atoms with E-state index in [1.54, 1.807) is 17.0 Å². The van der Waals surface area contributed by atoms with Crippen LogP contribution in [0.25, 0.3) is 0 Å². The Balaban J connectivity index is 1.58. The number of halogens is 1. The van der Waals surface area contributed by atoms with E-state index in [0.29, 0.717) is 23.9 Å². The molecule has 0 bridgehead atoms. The van der Waals surface area contributed by atoms with Crippen LogP contribution in [0.3, 0.4) is 0 Å². The summed E-state index contributed by atoms with van der Waals surface area (Å²) in [6, 6.07) is 14.3. The third-order valence-corrected chi connectivity index (χ3v) is 5.54. The van der Waals surface area contributed by atoms with Crippen molar-refractivity contribution in [1.29, 1.82) is 0 Å². The fraction of sp³-hybridized carbons (Fsp3) is 0.348. The summed E-state index contributed by atoms with van der Waals surface area (Å²) in [7, 11) is 0. The number of benzene rings is 2. The molecule has 0 saturated heterocycles. The molecule has 2 aromatic carbocycles. The van der Waals surface area contributed by atoms with Gasteiger partial charge in [-0.3, -0.25) is 4.90 Å². The Morgan fingerprint density at radius 3 is 2.61 bits per heavy atom. The molecule has 4 rings (SSSR count). The number of hydrogen-bond acceptors (Lipinski definition) is 4. The molecule has 1 aliphatic heterocycles. The third-order valence-electron chi connectivity index (χ3n) is 5.29. The second-order valence-electron chi connectivity index (χ2n) is 7.44. The summed E-state index contributed by atoms with van der Waals surface area (Å²) in [5, 5.41) is 12.3. The Labute approximate surface area is 187 Å². The van der Waals surface area contributed by atoms with Gasteiger partial charge in [0.25, 0.3) is 0 Å². The van der Waals surface area contributed by atoms with Gasteiger partial charge in [0.05, 0.1) is 13.2 Å². The van der Waals surface area contributed by atoms with Crippen molar-refractivity contribution in [3.05, 3.63) is 65.2 Å². The fourth-order valence-electron chi connectivity index (χ4n) is 3.70. The van der Waals surface area contributed by atoms with E-state index in [1.165, 1.54) is 6.42 Å². The number of fused-ring (bicyclic) bond motifs is 1. The molecule has 3 aromatic rings. The maximum atomic E-state index is 13.3. The zero-order chi connectivity index (χ0) is 21.6. The molecule has 162 valence electrons. The van der Waals surface area contributed by atoms with Crippen LogP contribution in [0.2, 0.25) is 5.02 Å². The van der Waals surface area contributed by atoms with E-state index in [4.69, 9.17) is 16.3 Å². The molecule has 8 heteroatoms. The van der Waals surface area contributed by atoms with E-state index in [1.807, 2.05) is 43.3 Å². The van der Waals surface area contributed by atoms with Crippen LogP contribution in [0, 0.1) is 0 Å². The average molecular weight is 440 g/mol. The van der Waals surface area contributed by atoms with Crippen LogP contribution in [0.5, 0.6) is 5.75 Å². The van der Waals surface area contributed by atoms with Gasteiger partial charge in [-0.2, -0.15) is 0 Å². The summed E-state index contributed by atoms with van der Waals surface area (Å²) in [5.74, 6) is 2.55. The maximum Gasteiger partial charge on any atom is 0.326 e. The normalized spacial score (nSPS) is 13.2. The van der Waals surface area contributed by atoms with Crippen molar-refractivity contribution in [3.8, 4) is 5.75 Å². The molecule has 7 nitrogen and oxygen atoms in total. The predicted octanol–water partition coefficient (Wildman–Crippen LogP) is 5.30. The van der Waals surface area contributed by atoms with Gasteiger partial charge >= 0.3 is 6.03 Å². The van der Waals surface area contributed by atoms with Crippen molar-refractivity contribution in [2.75, 3.05) is 16.8 Å². The van der Waals surface area contributed by atoms with Crippen molar-refractivity contribution in [3.63, 3.8) is 0 Å². The van der Waals surface area contributed by atoms with Gasteiger partial charge in [-0.15, -0.1) is 10.2 Å². The Hall–Kier alpha value is -3.06. The van der Waals surface area contributed by atoms with E-state index in [9.17, 15) is 4.79 Å². The van der Waals surface area contributed by atoms with Crippen LogP contribution < -0.4 is 15.0 Å². The topological polar surface area (TPSA) is 72.3 Å². The second kappa shape index (κ2) is 9.83. The van der Waals surface area contributed by atoms with E-state index < -0.39 is 0 Å². The van der Waals surface area contributed by atoms with E-state index in [-0.39, 0.29) is 6.03 Å². The highest BCUT2D eigenvalue weighted by molar-refractivity contribution is 6.30. The molecule has 31 heavy (non-hydrogen) atoms. The maximum absolute atomic E-state index is 13.3. The first-order valence-corrected chi connectivity index (χ1v) is 11.0. The molecule has 2 amide bonds. The number of aromatic nitrogens is 3. The number of nitrogens with one attached hydrogen (secondary N) is 1. The molecule has 0 atom stereocenters. The molecule has 2 heterocycles. The molecule has 0 radical (unpaired) electrons. The number of aryl methyl sites for hydroxylation is 1. The van der Waals surface area contributed by atoms with Crippen LogP contribution >= 0.6 is 11.6 Å². The first-order chi connectivity index (χ1) is 15.1. The first-order valence-electron chi connectivity index (χ1n) is 10.6. The Bertz CT molecular complexity index is 1020. The van der Waals surface area contributed by atoms with Gasteiger partial charge in [0.2, 0.25) is 0 Å². The number of hydrogen-bond donors (Lipinski definition) is 1. The predicted molar refractivity (Wildman–Crippen MR) is 122 cm³/mol. The lowest BCUT2D eigenvalue weighted by Gasteiger charge is -2.23. The van der Waals surface area contributed by atoms with Crippen LogP contribution in [0.1, 0.15) is 37.8 Å². The average Bonchev–Trinajstić information content (AvgIpc) is 3.00. The lowest BCUT2D eigenvalue weighted by atomic mass is 10.2. The van der Waals surface area contributed by atoms with Gasteiger partial charge < -0.3 is 14.6 Å². The lowest BCUT2D eigenvalue weighted by molar-refractivity contribution is 0.256. The highest BCUT2D eigenvalue weighted by atomic mass is 35.5. The number of urea groups is 1. The molecular weight excluding hydrogens is 414 g/mol. The molecule has 0 saturated carbocycles. The van der Waals surface area contributed by atoms with Crippen molar-refractivity contribution in [1.82, 2.24) is 14.8 Å². The van der Waals surface area contributed by atoms with Crippen LogP contribution in [0.4, 0.5) is 16.2 Å². The summed E-state index contributed by atoms with van der Waals surface area (Å²) < 4.78 is 7.63. The van der Waals surface area contributed by atoms with Gasteiger partial charge in [0, 0.05) is 29.4 Å². The minimum Gasteiger partial charge on any atom is -0.494 e. The molecular formula is C23H26ClN5O2. The number of rotatable bonds is 6. The summed E-state index contributed by atoms with van der Waals surface area (Å²) in [6.07, 6.45) is 4.32. The smallest absolute Gasteiger partial charge is 0.326 e. The van der Waals surface area contributed by atoms with E-state index in [2.05, 4.69) is 20.1 Å². The van der Waals surface area contributed by atoms with Crippen LogP contribution in [-0.2, 0) is 19.5 Å². The molecule has 1 aromatic heterocycles. The highest BCUT2D eigenvalue weighted by Gasteiger charge is 2.22. The largest absolute Gasteiger partial charge is 0.494 e. The van der Waals surface area contributed by atoms with Gasteiger partial charge in [-0.25, -0.2) is 4.79 Å². The second-order valence-corrected chi connectivity index (χ2v) is 7.88. The van der Waals surface area contributed by atoms with Crippen LogP contribution in [-0.4, -0.2) is 27.4 Å². The van der Waals surface area contributed by atoms with Crippen molar-refractivity contribution in [2.24, 2.45) is 0 Å². The number of ether oxygens (including phenoxy) is 1. The quantitative estimate of drug-likeness (QED) is 0.566. The number of amides is 2. The van der Waals surface area contributed by atoms with Crippen molar-refractivity contribution < 1.29 is 9.53 Å². The minimum atomic E-state index is -0.252. The molecule has 0 spiro atoms. The molecule has 0 unspecified atom stereocenters. The van der Waals surface area contributed by atoms with Crippen molar-refractivity contribution >= 4 is 29.0 Å². The standard InChI is InChI=1S/C23H26ClN5O2/c1-2-31-20-13-9-18(10-14-20)25-23(30)29(19-11-7-17(24)8-12-19)16-22-27-26-21-6-4-3-5-15-28(21)22/h7-14H,2-6,15-16H2,1H3,(H,25,30). The van der Waals surface area contributed by atoms with E-state index >= 15 is 0 Å². The first kappa shape index (κ1) is 21.2. The molecule has 1 aliphatic rings. The van der Waals surface area contributed by atoms with E-state index in [0.717, 1.165) is 48.9 Å².